The van der Waals surface area contributed by atoms with Crippen LogP contribution in [0.3, 0.4) is 0 Å². The van der Waals surface area contributed by atoms with Crippen molar-refractivity contribution in [2.45, 2.75) is 25.3 Å². The molecule has 0 heterocycles. The molecule has 3 nitrogen and oxygen atoms in total. The number of carbonyl (C=O) groups is 1. The van der Waals surface area contributed by atoms with Crippen molar-refractivity contribution in [3.05, 3.63) is 35.9 Å². The number of benzene rings is 1. The zero-order valence-electron chi connectivity index (χ0n) is 9.26. The molecule has 2 rings (SSSR count). The Balaban J connectivity index is 1.84. The Hall–Kier alpha value is -1.35. The Morgan fingerprint density at radius 2 is 2.06 bits per heavy atom. The molecular weight excluding hydrogens is 202 g/mol. The maximum Gasteiger partial charge on any atom is 0.338 e. The summed E-state index contributed by atoms with van der Waals surface area (Å²) in [4.78, 5) is 11.6. The fraction of sp³-hybridized carbons (Fsp3) is 0.462. The molecule has 0 aliphatic heterocycles. The van der Waals surface area contributed by atoms with Gasteiger partial charge in [0, 0.05) is 12.0 Å². The third kappa shape index (κ3) is 2.61. The van der Waals surface area contributed by atoms with Crippen LogP contribution in [0.5, 0.6) is 0 Å². The van der Waals surface area contributed by atoms with Gasteiger partial charge in [-0.3, -0.25) is 0 Å². The Morgan fingerprint density at radius 3 is 2.69 bits per heavy atom. The highest BCUT2D eigenvalue weighted by Crippen LogP contribution is 2.24. The third-order valence-electron chi connectivity index (χ3n) is 3.16. The van der Waals surface area contributed by atoms with E-state index >= 15 is 0 Å². The number of carbonyl (C=O) groups excluding carboxylic acids is 1. The molecule has 0 aromatic heterocycles. The number of rotatable bonds is 3. The minimum Gasteiger partial charge on any atom is -0.462 e. The normalized spacial score (nSPS) is 24.3. The zero-order chi connectivity index (χ0) is 11.4. The summed E-state index contributed by atoms with van der Waals surface area (Å²) in [6, 6.07) is 9.26. The van der Waals surface area contributed by atoms with E-state index in [9.17, 15) is 4.79 Å². The molecule has 2 atom stereocenters. The first-order chi connectivity index (χ1) is 7.77. The first-order valence-electron chi connectivity index (χ1n) is 5.75. The molecule has 2 N–H and O–H groups in total. The predicted octanol–water partition coefficient (Wildman–Crippen LogP) is 1.97. The molecule has 0 amide bonds. The van der Waals surface area contributed by atoms with Crippen molar-refractivity contribution in [1.29, 1.82) is 0 Å². The molecule has 1 fully saturated rings. The zero-order valence-corrected chi connectivity index (χ0v) is 9.26. The van der Waals surface area contributed by atoms with E-state index in [4.69, 9.17) is 10.5 Å². The summed E-state index contributed by atoms with van der Waals surface area (Å²) in [5.41, 5.74) is 6.52. The van der Waals surface area contributed by atoms with Gasteiger partial charge in [-0.05, 0) is 25.0 Å². The Labute approximate surface area is 95.6 Å². The van der Waals surface area contributed by atoms with Crippen molar-refractivity contribution < 1.29 is 9.53 Å². The maximum atomic E-state index is 11.6. The van der Waals surface area contributed by atoms with Gasteiger partial charge < -0.3 is 10.5 Å². The largest absolute Gasteiger partial charge is 0.462 e. The van der Waals surface area contributed by atoms with Crippen LogP contribution in [-0.4, -0.2) is 18.6 Å². The van der Waals surface area contributed by atoms with Gasteiger partial charge in [-0.2, -0.15) is 0 Å². The van der Waals surface area contributed by atoms with Crippen LogP contribution >= 0.6 is 0 Å². The summed E-state index contributed by atoms with van der Waals surface area (Å²) in [6.45, 7) is 0.453. The third-order valence-corrected chi connectivity index (χ3v) is 3.16. The maximum absolute atomic E-state index is 11.6. The van der Waals surface area contributed by atoms with Crippen molar-refractivity contribution in [3.8, 4) is 0 Å². The summed E-state index contributed by atoms with van der Waals surface area (Å²) < 4.78 is 5.26. The average Bonchev–Trinajstić information content (AvgIpc) is 2.73. The van der Waals surface area contributed by atoms with Gasteiger partial charge in [0.2, 0.25) is 0 Å². The topological polar surface area (TPSA) is 52.3 Å². The molecule has 1 aromatic carbocycles. The number of hydrogen-bond acceptors (Lipinski definition) is 3. The van der Waals surface area contributed by atoms with Gasteiger partial charge in [-0.25, -0.2) is 4.79 Å². The number of nitrogens with two attached hydrogens (primary N) is 1. The summed E-state index contributed by atoms with van der Waals surface area (Å²) in [6.07, 6.45) is 3.27. The van der Waals surface area contributed by atoms with Crippen molar-refractivity contribution in [3.63, 3.8) is 0 Å². The highest BCUT2D eigenvalue weighted by atomic mass is 16.5. The molecule has 3 heteroatoms. The van der Waals surface area contributed by atoms with E-state index in [2.05, 4.69) is 0 Å². The molecule has 16 heavy (non-hydrogen) atoms. The smallest absolute Gasteiger partial charge is 0.338 e. The second kappa shape index (κ2) is 5.12. The number of esters is 1. The van der Waals surface area contributed by atoms with Crippen molar-refractivity contribution in [2.75, 3.05) is 6.61 Å². The number of hydrogen-bond donors (Lipinski definition) is 1. The van der Waals surface area contributed by atoms with Crippen LogP contribution < -0.4 is 5.73 Å². The molecular formula is C13H17NO2. The fourth-order valence-corrected chi connectivity index (χ4v) is 2.11. The Bertz CT molecular complexity index is 350. The second-order valence-corrected chi connectivity index (χ2v) is 4.32. The van der Waals surface area contributed by atoms with E-state index in [1.54, 1.807) is 12.1 Å². The van der Waals surface area contributed by atoms with Crippen molar-refractivity contribution in [2.24, 2.45) is 11.7 Å². The van der Waals surface area contributed by atoms with E-state index in [0.29, 0.717) is 18.1 Å². The van der Waals surface area contributed by atoms with Crippen LogP contribution in [0.2, 0.25) is 0 Å². The highest BCUT2D eigenvalue weighted by Gasteiger charge is 2.25. The highest BCUT2D eigenvalue weighted by molar-refractivity contribution is 5.89. The summed E-state index contributed by atoms with van der Waals surface area (Å²) in [5.74, 6) is 0.0902. The summed E-state index contributed by atoms with van der Waals surface area (Å²) in [5, 5.41) is 0. The molecule has 1 aliphatic carbocycles. The van der Waals surface area contributed by atoms with Crippen LogP contribution in [0.15, 0.2) is 30.3 Å². The molecule has 1 aromatic rings. The van der Waals surface area contributed by atoms with Crippen LogP contribution in [-0.2, 0) is 4.74 Å². The van der Waals surface area contributed by atoms with Gasteiger partial charge in [0.05, 0.1) is 12.2 Å². The van der Waals surface area contributed by atoms with Crippen LogP contribution in [0.25, 0.3) is 0 Å². The monoisotopic (exact) mass is 219 g/mol. The molecule has 1 saturated carbocycles. The molecule has 0 spiro atoms. The van der Waals surface area contributed by atoms with Crippen molar-refractivity contribution >= 4 is 5.97 Å². The summed E-state index contributed by atoms with van der Waals surface area (Å²) >= 11 is 0. The molecule has 0 bridgehead atoms. The lowest BCUT2D eigenvalue weighted by molar-refractivity contribution is 0.0433. The lowest BCUT2D eigenvalue weighted by Crippen LogP contribution is -2.28. The Kier molecular flexibility index (Phi) is 3.57. The Morgan fingerprint density at radius 1 is 1.31 bits per heavy atom. The van der Waals surface area contributed by atoms with Crippen LogP contribution in [0.4, 0.5) is 0 Å². The lowest BCUT2D eigenvalue weighted by Gasteiger charge is -2.15. The van der Waals surface area contributed by atoms with Gasteiger partial charge in [0.15, 0.2) is 0 Å². The lowest BCUT2D eigenvalue weighted by atomic mass is 10.1. The van der Waals surface area contributed by atoms with E-state index in [1.165, 1.54) is 0 Å². The minimum absolute atomic E-state index is 0.198. The SMILES string of the molecule is N[C@H]1CCC[C@H]1COC(=O)c1ccccc1. The van der Waals surface area contributed by atoms with Gasteiger partial charge in [-0.15, -0.1) is 0 Å². The van der Waals surface area contributed by atoms with E-state index in [-0.39, 0.29) is 12.0 Å². The minimum atomic E-state index is -0.250. The fourth-order valence-electron chi connectivity index (χ4n) is 2.11. The average molecular weight is 219 g/mol. The quantitative estimate of drug-likeness (QED) is 0.791. The molecule has 1 aliphatic rings. The summed E-state index contributed by atoms with van der Waals surface area (Å²) in [7, 11) is 0. The van der Waals surface area contributed by atoms with E-state index in [1.807, 2.05) is 18.2 Å². The van der Waals surface area contributed by atoms with Gasteiger partial charge >= 0.3 is 5.97 Å². The van der Waals surface area contributed by atoms with Gasteiger partial charge in [-0.1, -0.05) is 24.6 Å². The van der Waals surface area contributed by atoms with Gasteiger partial charge in [0.25, 0.3) is 0 Å². The first kappa shape index (κ1) is 11.1. The second-order valence-electron chi connectivity index (χ2n) is 4.32. The predicted molar refractivity (Wildman–Crippen MR) is 62.0 cm³/mol. The standard InChI is InChI=1S/C13H17NO2/c14-12-8-4-7-11(12)9-16-13(15)10-5-2-1-3-6-10/h1-3,5-6,11-12H,4,7-9,14H2/t11-,12-/m0/s1. The van der Waals surface area contributed by atoms with Crippen LogP contribution in [0.1, 0.15) is 29.6 Å². The molecule has 0 radical (unpaired) electrons. The van der Waals surface area contributed by atoms with E-state index < -0.39 is 0 Å². The van der Waals surface area contributed by atoms with Gasteiger partial charge in [0.1, 0.15) is 0 Å². The molecule has 0 saturated heterocycles. The van der Waals surface area contributed by atoms with E-state index in [0.717, 1.165) is 19.3 Å². The molecule has 86 valence electrons. The first-order valence-corrected chi connectivity index (χ1v) is 5.75. The van der Waals surface area contributed by atoms with Crippen LogP contribution in [0, 0.1) is 5.92 Å². The molecule has 0 unspecified atom stereocenters. The number of ether oxygens (including phenoxy) is 1. The van der Waals surface area contributed by atoms with Crippen molar-refractivity contribution in [1.82, 2.24) is 0 Å².